The number of phenols is 2. The zero-order valence-corrected chi connectivity index (χ0v) is 15.4. The van der Waals surface area contributed by atoms with Crippen LogP contribution >= 0.6 is 0 Å². The topological polar surface area (TPSA) is 85.2 Å². The predicted octanol–water partition coefficient (Wildman–Crippen LogP) is 3.64. The lowest BCUT2D eigenvalue weighted by Crippen LogP contribution is -2.03. The van der Waals surface area contributed by atoms with Gasteiger partial charge in [-0.3, -0.25) is 4.79 Å². The smallest absolute Gasteiger partial charge is 0.193 e. The molecule has 0 aromatic heterocycles. The van der Waals surface area contributed by atoms with Gasteiger partial charge in [-0.2, -0.15) is 0 Å². The molecule has 0 unspecified atom stereocenters. The van der Waals surface area contributed by atoms with E-state index in [-0.39, 0.29) is 28.4 Å². The minimum Gasteiger partial charge on any atom is -0.507 e. The number of rotatable bonds is 6. The third kappa shape index (κ3) is 3.44. The van der Waals surface area contributed by atoms with E-state index >= 15 is 0 Å². The van der Waals surface area contributed by atoms with Crippen molar-refractivity contribution in [1.29, 1.82) is 0 Å². The van der Waals surface area contributed by atoms with Gasteiger partial charge in [0.25, 0.3) is 0 Å². The third-order valence-electron chi connectivity index (χ3n) is 4.17. The fourth-order valence-electron chi connectivity index (χ4n) is 2.69. The number of ether oxygens (including phenoxy) is 3. The molecule has 2 rings (SSSR count). The van der Waals surface area contributed by atoms with Gasteiger partial charge in [0.05, 0.1) is 21.3 Å². The van der Waals surface area contributed by atoms with E-state index in [9.17, 15) is 15.0 Å². The number of methoxy groups -OCH3 is 3. The van der Waals surface area contributed by atoms with Crippen molar-refractivity contribution in [2.24, 2.45) is 0 Å². The second-order valence-corrected chi connectivity index (χ2v) is 5.66. The van der Waals surface area contributed by atoms with Gasteiger partial charge in [0.1, 0.15) is 34.3 Å². The van der Waals surface area contributed by atoms with Crippen LogP contribution in [0.25, 0.3) is 6.08 Å². The first-order chi connectivity index (χ1) is 12.3. The number of hydrogen-bond donors (Lipinski definition) is 2. The van der Waals surface area contributed by atoms with E-state index in [1.165, 1.54) is 27.2 Å². The summed E-state index contributed by atoms with van der Waals surface area (Å²) < 4.78 is 15.7. The molecular weight excluding hydrogens is 336 g/mol. The number of allylic oxidation sites excluding steroid dienone is 1. The summed E-state index contributed by atoms with van der Waals surface area (Å²) in [5, 5.41) is 20.4. The number of phenolic OH excluding ortho intramolecular Hbond substituents is 2. The Balaban J connectivity index is 2.50. The molecule has 0 bridgehead atoms. The first-order valence-electron chi connectivity index (χ1n) is 7.89. The SMILES string of the molecule is COc1ccc(OC)c(/C=C/C(=O)c2c(O)c(C)c(O)c(C)c2OC)c1. The summed E-state index contributed by atoms with van der Waals surface area (Å²) in [4.78, 5) is 12.7. The maximum atomic E-state index is 12.7. The van der Waals surface area contributed by atoms with Crippen molar-refractivity contribution in [2.75, 3.05) is 21.3 Å². The number of benzene rings is 2. The van der Waals surface area contributed by atoms with Gasteiger partial charge in [-0.15, -0.1) is 0 Å². The van der Waals surface area contributed by atoms with Crippen molar-refractivity contribution in [1.82, 2.24) is 0 Å². The molecule has 0 spiro atoms. The molecule has 138 valence electrons. The average Bonchev–Trinajstić information content (AvgIpc) is 2.66. The van der Waals surface area contributed by atoms with Gasteiger partial charge in [-0.25, -0.2) is 0 Å². The van der Waals surface area contributed by atoms with Gasteiger partial charge < -0.3 is 24.4 Å². The Labute approximate surface area is 152 Å². The largest absolute Gasteiger partial charge is 0.507 e. The highest BCUT2D eigenvalue weighted by molar-refractivity contribution is 6.11. The second-order valence-electron chi connectivity index (χ2n) is 5.66. The molecule has 6 heteroatoms. The van der Waals surface area contributed by atoms with Crippen molar-refractivity contribution in [2.45, 2.75) is 13.8 Å². The molecule has 2 N–H and O–H groups in total. The highest BCUT2D eigenvalue weighted by Gasteiger charge is 2.23. The summed E-state index contributed by atoms with van der Waals surface area (Å²) >= 11 is 0. The average molecular weight is 358 g/mol. The summed E-state index contributed by atoms with van der Waals surface area (Å²) in [6, 6.07) is 5.21. The van der Waals surface area contributed by atoms with E-state index in [2.05, 4.69) is 0 Å². The molecule has 0 saturated heterocycles. The highest BCUT2D eigenvalue weighted by Crippen LogP contribution is 2.41. The van der Waals surface area contributed by atoms with Gasteiger partial charge in [0.15, 0.2) is 5.78 Å². The minimum atomic E-state index is -0.463. The molecule has 0 heterocycles. The number of carbonyl (C=O) groups is 1. The van der Waals surface area contributed by atoms with Crippen LogP contribution in [0, 0.1) is 13.8 Å². The lowest BCUT2D eigenvalue weighted by Gasteiger charge is -2.15. The van der Waals surface area contributed by atoms with Gasteiger partial charge in [-0.05, 0) is 44.2 Å². The molecular formula is C20H22O6. The Bertz CT molecular complexity index is 867. The maximum Gasteiger partial charge on any atom is 0.193 e. The summed E-state index contributed by atoms with van der Waals surface area (Å²) in [6.07, 6.45) is 2.88. The predicted molar refractivity (Wildman–Crippen MR) is 98.7 cm³/mol. The number of aromatic hydroxyl groups is 2. The van der Waals surface area contributed by atoms with E-state index < -0.39 is 5.78 Å². The molecule has 2 aromatic rings. The molecule has 0 saturated carbocycles. The normalized spacial score (nSPS) is 10.8. The molecule has 0 amide bonds. The van der Waals surface area contributed by atoms with Crippen LogP contribution in [-0.4, -0.2) is 37.3 Å². The quantitative estimate of drug-likeness (QED) is 0.606. The molecule has 6 nitrogen and oxygen atoms in total. The first-order valence-corrected chi connectivity index (χ1v) is 7.89. The Morgan fingerprint density at radius 1 is 0.962 bits per heavy atom. The van der Waals surface area contributed by atoms with Crippen LogP contribution in [0.1, 0.15) is 27.0 Å². The molecule has 0 aliphatic heterocycles. The number of hydrogen-bond acceptors (Lipinski definition) is 6. The van der Waals surface area contributed by atoms with Crippen LogP contribution in [-0.2, 0) is 0 Å². The van der Waals surface area contributed by atoms with Crippen LogP contribution in [0.15, 0.2) is 24.3 Å². The first kappa shape index (κ1) is 19.2. The Morgan fingerprint density at radius 3 is 2.23 bits per heavy atom. The zero-order chi connectivity index (χ0) is 19.4. The van der Waals surface area contributed by atoms with Crippen LogP contribution < -0.4 is 14.2 Å². The van der Waals surface area contributed by atoms with Crippen molar-refractivity contribution in [3.63, 3.8) is 0 Å². The van der Waals surface area contributed by atoms with Gasteiger partial charge >= 0.3 is 0 Å². The van der Waals surface area contributed by atoms with Crippen molar-refractivity contribution in [3.05, 3.63) is 46.5 Å². The lowest BCUT2D eigenvalue weighted by molar-refractivity contribution is 0.104. The molecule has 0 aliphatic rings. The van der Waals surface area contributed by atoms with Crippen LogP contribution in [0.5, 0.6) is 28.7 Å². The highest BCUT2D eigenvalue weighted by atomic mass is 16.5. The van der Waals surface area contributed by atoms with Crippen LogP contribution in [0.4, 0.5) is 0 Å². The van der Waals surface area contributed by atoms with Crippen molar-refractivity contribution < 1.29 is 29.2 Å². The fourth-order valence-corrected chi connectivity index (χ4v) is 2.69. The molecule has 26 heavy (non-hydrogen) atoms. The van der Waals surface area contributed by atoms with Crippen LogP contribution in [0.2, 0.25) is 0 Å². The van der Waals surface area contributed by atoms with Crippen LogP contribution in [0.3, 0.4) is 0 Å². The molecule has 2 aromatic carbocycles. The summed E-state index contributed by atoms with van der Waals surface area (Å²) in [6.45, 7) is 3.15. The van der Waals surface area contributed by atoms with E-state index in [0.717, 1.165) is 0 Å². The summed E-state index contributed by atoms with van der Waals surface area (Å²) in [5.41, 5.74) is 1.25. The maximum absolute atomic E-state index is 12.7. The van der Waals surface area contributed by atoms with Crippen molar-refractivity contribution in [3.8, 4) is 28.7 Å². The Kier molecular flexibility index (Phi) is 5.77. The Morgan fingerprint density at radius 2 is 1.65 bits per heavy atom. The zero-order valence-electron chi connectivity index (χ0n) is 15.4. The summed E-state index contributed by atoms with van der Waals surface area (Å²) in [7, 11) is 4.45. The van der Waals surface area contributed by atoms with Crippen molar-refractivity contribution >= 4 is 11.9 Å². The standard InChI is InChI=1S/C20H22O6/c1-11-18(22)12(2)20(26-5)17(19(11)23)15(21)8-6-13-10-14(24-3)7-9-16(13)25-4/h6-10,22-23H,1-5H3/b8-6+. The molecule has 0 radical (unpaired) electrons. The van der Waals surface area contributed by atoms with Gasteiger partial charge in [0.2, 0.25) is 0 Å². The number of ketones is 1. The van der Waals surface area contributed by atoms with E-state index in [0.29, 0.717) is 22.6 Å². The lowest BCUT2D eigenvalue weighted by atomic mass is 9.98. The molecule has 0 aliphatic carbocycles. The van der Waals surface area contributed by atoms with Gasteiger partial charge in [-0.1, -0.05) is 0 Å². The van der Waals surface area contributed by atoms with E-state index in [4.69, 9.17) is 14.2 Å². The third-order valence-corrected chi connectivity index (χ3v) is 4.17. The molecule has 0 atom stereocenters. The number of carbonyl (C=O) groups excluding carboxylic acids is 1. The Hall–Kier alpha value is -3.15. The molecule has 0 fully saturated rings. The second kappa shape index (κ2) is 7.82. The summed E-state index contributed by atoms with van der Waals surface area (Å²) in [5.74, 6) is 0.457. The minimum absolute atomic E-state index is 0.00147. The van der Waals surface area contributed by atoms with E-state index in [1.807, 2.05) is 0 Å². The van der Waals surface area contributed by atoms with Gasteiger partial charge in [0, 0.05) is 16.7 Å². The monoisotopic (exact) mass is 358 g/mol. The fraction of sp³-hybridized carbons (Fsp3) is 0.250. The van der Waals surface area contributed by atoms with E-state index in [1.54, 1.807) is 38.3 Å².